The Morgan fingerprint density at radius 3 is 3.00 bits per heavy atom. The second-order valence-corrected chi connectivity index (χ2v) is 3.67. The molecule has 1 unspecified atom stereocenters. The highest BCUT2D eigenvalue weighted by atomic mass is 15.1. The smallest absolute Gasteiger partial charge is 0.0412 e. The van der Waals surface area contributed by atoms with E-state index >= 15 is 0 Å². The van der Waals surface area contributed by atoms with E-state index in [1.807, 2.05) is 0 Å². The molecule has 0 radical (unpaired) electrons. The fraction of sp³-hybridized carbons (Fsp3) is 0.455. The van der Waals surface area contributed by atoms with Crippen molar-refractivity contribution in [3.8, 4) is 0 Å². The predicted octanol–water partition coefficient (Wildman–Crippen LogP) is 1.40. The number of para-hydroxylation sites is 1. The summed E-state index contributed by atoms with van der Waals surface area (Å²) in [6, 6.07) is 9.11. The van der Waals surface area contributed by atoms with Gasteiger partial charge in [0.05, 0.1) is 0 Å². The summed E-state index contributed by atoms with van der Waals surface area (Å²) in [5.41, 5.74) is 8.51. The Morgan fingerprint density at radius 2 is 2.23 bits per heavy atom. The van der Waals surface area contributed by atoms with Crippen molar-refractivity contribution in [2.75, 3.05) is 18.5 Å². The molecule has 1 aliphatic heterocycles. The van der Waals surface area contributed by atoms with Gasteiger partial charge in [-0.05, 0) is 24.5 Å². The first-order valence-corrected chi connectivity index (χ1v) is 4.83. The molecule has 1 aliphatic rings. The van der Waals surface area contributed by atoms with Gasteiger partial charge in [-0.15, -0.1) is 0 Å². The summed E-state index contributed by atoms with van der Waals surface area (Å²) in [4.78, 5) is 2.30. The molecule has 0 saturated carbocycles. The van der Waals surface area contributed by atoms with Crippen LogP contribution in [-0.2, 0) is 6.42 Å². The summed E-state index contributed by atoms with van der Waals surface area (Å²) in [6.45, 7) is 0.755. The summed E-state index contributed by atoms with van der Waals surface area (Å²) in [7, 11) is 2.13. The molecule has 0 fully saturated rings. The highest BCUT2D eigenvalue weighted by molar-refractivity contribution is 5.55. The van der Waals surface area contributed by atoms with E-state index in [9.17, 15) is 0 Å². The van der Waals surface area contributed by atoms with Gasteiger partial charge in [0.25, 0.3) is 0 Å². The number of aryl methyl sites for hydroxylation is 1. The summed E-state index contributed by atoms with van der Waals surface area (Å²) in [5.74, 6) is 0. The lowest BCUT2D eigenvalue weighted by Gasteiger charge is -2.35. The molecule has 2 N–H and O–H groups in total. The van der Waals surface area contributed by atoms with E-state index in [1.54, 1.807) is 0 Å². The van der Waals surface area contributed by atoms with E-state index in [0.717, 1.165) is 6.54 Å². The van der Waals surface area contributed by atoms with Crippen molar-refractivity contribution in [3.05, 3.63) is 29.8 Å². The van der Waals surface area contributed by atoms with Crippen LogP contribution >= 0.6 is 0 Å². The van der Waals surface area contributed by atoms with E-state index in [4.69, 9.17) is 5.73 Å². The van der Waals surface area contributed by atoms with E-state index in [-0.39, 0.29) is 0 Å². The Labute approximate surface area is 79.4 Å². The van der Waals surface area contributed by atoms with Crippen LogP contribution in [0.4, 0.5) is 5.69 Å². The van der Waals surface area contributed by atoms with Gasteiger partial charge in [-0.1, -0.05) is 18.2 Å². The van der Waals surface area contributed by atoms with E-state index in [0.29, 0.717) is 6.04 Å². The molecule has 1 aromatic rings. The van der Waals surface area contributed by atoms with Gasteiger partial charge in [0.15, 0.2) is 0 Å². The van der Waals surface area contributed by atoms with E-state index in [2.05, 4.69) is 36.2 Å². The molecule has 70 valence electrons. The number of fused-ring (bicyclic) bond motifs is 1. The third-order valence-electron chi connectivity index (χ3n) is 2.94. The fourth-order valence-electron chi connectivity index (χ4n) is 2.05. The van der Waals surface area contributed by atoms with Crippen LogP contribution in [-0.4, -0.2) is 19.6 Å². The Hall–Kier alpha value is -1.02. The number of benzene rings is 1. The molecule has 2 heteroatoms. The number of likely N-dealkylation sites (N-methyl/N-ethyl adjacent to an activating group) is 1. The third-order valence-corrected chi connectivity index (χ3v) is 2.94. The summed E-state index contributed by atoms with van der Waals surface area (Å²) < 4.78 is 0. The maximum absolute atomic E-state index is 5.71. The lowest BCUT2D eigenvalue weighted by molar-refractivity contribution is 0.565. The van der Waals surface area contributed by atoms with Crippen LogP contribution in [0.25, 0.3) is 0 Å². The van der Waals surface area contributed by atoms with Crippen LogP contribution in [0.15, 0.2) is 24.3 Å². The Morgan fingerprint density at radius 1 is 1.46 bits per heavy atom. The largest absolute Gasteiger partial charge is 0.370 e. The van der Waals surface area contributed by atoms with Gasteiger partial charge in [0.1, 0.15) is 0 Å². The maximum atomic E-state index is 5.71. The quantitative estimate of drug-likeness (QED) is 0.700. The third kappa shape index (κ3) is 1.42. The molecule has 0 aromatic heterocycles. The number of rotatable bonds is 1. The van der Waals surface area contributed by atoms with E-state index < -0.39 is 0 Å². The molecule has 1 aromatic carbocycles. The molecular weight excluding hydrogens is 160 g/mol. The molecule has 1 heterocycles. The fourth-order valence-corrected chi connectivity index (χ4v) is 2.05. The zero-order valence-electron chi connectivity index (χ0n) is 8.03. The number of nitrogens with zero attached hydrogens (tertiary/aromatic N) is 1. The minimum atomic E-state index is 0.523. The van der Waals surface area contributed by atoms with Crippen molar-refractivity contribution in [2.45, 2.75) is 18.9 Å². The second-order valence-electron chi connectivity index (χ2n) is 3.67. The van der Waals surface area contributed by atoms with Gasteiger partial charge in [0.2, 0.25) is 0 Å². The van der Waals surface area contributed by atoms with Crippen LogP contribution < -0.4 is 10.6 Å². The van der Waals surface area contributed by atoms with Gasteiger partial charge in [-0.25, -0.2) is 0 Å². The molecule has 1 atom stereocenters. The van der Waals surface area contributed by atoms with Crippen LogP contribution in [0.2, 0.25) is 0 Å². The maximum Gasteiger partial charge on any atom is 0.0412 e. The topological polar surface area (TPSA) is 29.3 Å². The van der Waals surface area contributed by atoms with Crippen molar-refractivity contribution in [3.63, 3.8) is 0 Å². The van der Waals surface area contributed by atoms with Crippen molar-refractivity contribution >= 4 is 5.69 Å². The highest BCUT2D eigenvalue weighted by Crippen LogP contribution is 2.28. The second kappa shape index (κ2) is 3.38. The molecule has 0 saturated heterocycles. The number of hydrogen-bond donors (Lipinski definition) is 1. The highest BCUT2D eigenvalue weighted by Gasteiger charge is 2.20. The summed E-state index contributed by atoms with van der Waals surface area (Å²) in [6.07, 6.45) is 2.35. The first kappa shape index (κ1) is 8.57. The number of anilines is 1. The zero-order valence-corrected chi connectivity index (χ0v) is 8.03. The lowest BCUT2D eigenvalue weighted by atomic mass is 9.96. The number of nitrogens with two attached hydrogens (primary N) is 1. The predicted molar refractivity (Wildman–Crippen MR) is 56.0 cm³/mol. The molecule has 0 bridgehead atoms. The summed E-state index contributed by atoms with van der Waals surface area (Å²) >= 11 is 0. The van der Waals surface area contributed by atoms with Crippen molar-refractivity contribution < 1.29 is 0 Å². The number of hydrogen-bond acceptors (Lipinski definition) is 2. The minimum Gasteiger partial charge on any atom is -0.370 e. The molecule has 2 nitrogen and oxygen atoms in total. The Balaban J connectivity index is 2.33. The van der Waals surface area contributed by atoms with Crippen LogP contribution in [0, 0.1) is 0 Å². The summed E-state index contributed by atoms with van der Waals surface area (Å²) in [5, 5.41) is 0. The monoisotopic (exact) mass is 176 g/mol. The SMILES string of the molecule is CN1c2ccccc2CCC1CN. The molecule has 2 rings (SSSR count). The first-order chi connectivity index (χ1) is 6.33. The van der Waals surface area contributed by atoms with Crippen molar-refractivity contribution in [1.82, 2.24) is 0 Å². The molecule has 0 amide bonds. The van der Waals surface area contributed by atoms with Gasteiger partial charge < -0.3 is 10.6 Å². The van der Waals surface area contributed by atoms with Crippen LogP contribution in [0.5, 0.6) is 0 Å². The van der Waals surface area contributed by atoms with Gasteiger partial charge in [-0.3, -0.25) is 0 Å². The lowest BCUT2D eigenvalue weighted by Crippen LogP contribution is -2.41. The molecule has 0 aliphatic carbocycles. The van der Waals surface area contributed by atoms with Gasteiger partial charge in [0, 0.05) is 25.3 Å². The van der Waals surface area contributed by atoms with Crippen LogP contribution in [0.1, 0.15) is 12.0 Å². The molecule has 0 spiro atoms. The molecule has 13 heavy (non-hydrogen) atoms. The van der Waals surface area contributed by atoms with Gasteiger partial charge in [-0.2, -0.15) is 0 Å². The van der Waals surface area contributed by atoms with E-state index in [1.165, 1.54) is 24.1 Å². The minimum absolute atomic E-state index is 0.523. The average molecular weight is 176 g/mol. The normalized spacial score (nSPS) is 21.4. The molecular formula is C11H16N2. The van der Waals surface area contributed by atoms with Crippen molar-refractivity contribution in [1.29, 1.82) is 0 Å². The zero-order chi connectivity index (χ0) is 9.26. The Kier molecular flexibility index (Phi) is 2.23. The van der Waals surface area contributed by atoms with Crippen LogP contribution in [0.3, 0.4) is 0 Å². The standard InChI is InChI=1S/C11H16N2/c1-13-10(8-12)7-6-9-4-2-3-5-11(9)13/h2-5,10H,6-8,12H2,1H3. The Bertz CT molecular complexity index is 296. The van der Waals surface area contributed by atoms with Gasteiger partial charge >= 0.3 is 0 Å². The average Bonchev–Trinajstić information content (AvgIpc) is 2.19. The van der Waals surface area contributed by atoms with Crippen molar-refractivity contribution in [2.24, 2.45) is 5.73 Å². The first-order valence-electron chi connectivity index (χ1n) is 4.83.